The molecule has 1 aromatic rings. The quantitative estimate of drug-likeness (QED) is 0.722. The van der Waals surface area contributed by atoms with Crippen LogP contribution in [-0.2, 0) is 13.6 Å². The Hall–Kier alpha value is -0.760. The van der Waals surface area contributed by atoms with E-state index in [4.69, 9.17) is 0 Å². The van der Waals surface area contributed by atoms with Gasteiger partial charge in [0.15, 0.2) is 0 Å². The number of hydrogen-bond acceptors (Lipinski definition) is 1. The maximum absolute atomic E-state index is 2.59. The normalized spacial score (nSPS) is 18.3. The highest BCUT2D eigenvalue weighted by Gasteiger charge is 2.13. The van der Waals surface area contributed by atoms with Crippen molar-refractivity contribution >= 4 is 0 Å². The van der Waals surface area contributed by atoms with E-state index >= 15 is 0 Å². The summed E-state index contributed by atoms with van der Waals surface area (Å²) in [6.45, 7) is 8.13. The van der Waals surface area contributed by atoms with Crippen molar-refractivity contribution in [2.75, 3.05) is 13.1 Å². The number of hydrogen-bond donors (Lipinski definition) is 0. The van der Waals surface area contributed by atoms with E-state index in [1.165, 1.54) is 49.3 Å². The number of likely N-dealkylation sites (tertiary alicyclic amines) is 1. The molecule has 1 saturated heterocycles. The molecule has 0 N–H and O–H groups in total. The molecule has 1 aliphatic rings. The Bertz CT molecular complexity index is 333. The van der Waals surface area contributed by atoms with Gasteiger partial charge in [-0.25, -0.2) is 0 Å². The summed E-state index contributed by atoms with van der Waals surface area (Å²) in [4.78, 5) is 2.59. The lowest BCUT2D eigenvalue weighted by molar-refractivity contribution is 0.220. The van der Waals surface area contributed by atoms with Crippen LogP contribution >= 0.6 is 0 Å². The standard InChI is InChI=1S/C13H22N2/c1-11-9-13(12(2)14(11)3)10-15-7-5-4-6-8-15/h9H,4-8,10H2,1-3H3. The predicted octanol–water partition coefficient (Wildman–Crippen LogP) is 2.63. The van der Waals surface area contributed by atoms with Gasteiger partial charge in [0.2, 0.25) is 0 Å². The molecule has 15 heavy (non-hydrogen) atoms. The van der Waals surface area contributed by atoms with Crippen LogP contribution in [0, 0.1) is 13.8 Å². The summed E-state index contributed by atoms with van der Waals surface area (Å²) in [6, 6.07) is 2.34. The summed E-state index contributed by atoms with van der Waals surface area (Å²) in [5, 5.41) is 0. The van der Waals surface area contributed by atoms with E-state index < -0.39 is 0 Å². The van der Waals surface area contributed by atoms with Crippen LogP contribution in [0.3, 0.4) is 0 Å². The Labute approximate surface area is 92.9 Å². The molecule has 0 spiro atoms. The first-order chi connectivity index (χ1) is 7.18. The van der Waals surface area contributed by atoms with Crippen LogP contribution in [0.4, 0.5) is 0 Å². The molecule has 0 saturated carbocycles. The third-order valence-corrected chi connectivity index (χ3v) is 3.72. The molecule has 0 amide bonds. The summed E-state index contributed by atoms with van der Waals surface area (Å²) in [7, 11) is 2.16. The van der Waals surface area contributed by atoms with Crippen LogP contribution in [-0.4, -0.2) is 22.6 Å². The largest absolute Gasteiger partial charge is 0.352 e. The van der Waals surface area contributed by atoms with E-state index in [-0.39, 0.29) is 0 Å². The van der Waals surface area contributed by atoms with E-state index in [0.29, 0.717) is 0 Å². The first-order valence-electron chi connectivity index (χ1n) is 6.02. The topological polar surface area (TPSA) is 8.17 Å². The van der Waals surface area contributed by atoms with E-state index in [1.807, 2.05) is 0 Å². The molecule has 84 valence electrons. The number of aromatic nitrogens is 1. The fourth-order valence-electron chi connectivity index (χ4n) is 2.45. The highest BCUT2D eigenvalue weighted by Crippen LogP contribution is 2.18. The van der Waals surface area contributed by atoms with Gasteiger partial charge in [-0.15, -0.1) is 0 Å². The van der Waals surface area contributed by atoms with Gasteiger partial charge in [-0.05, 0) is 51.4 Å². The first kappa shape index (κ1) is 10.7. The fourth-order valence-corrected chi connectivity index (χ4v) is 2.45. The molecule has 0 aliphatic carbocycles. The molecule has 1 aromatic heterocycles. The fraction of sp³-hybridized carbons (Fsp3) is 0.692. The molecule has 2 heterocycles. The zero-order chi connectivity index (χ0) is 10.8. The average molecular weight is 206 g/mol. The van der Waals surface area contributed by atoms with Gasteiger partial charge >= 0.3 is 0 Å². The monoisotopic (exact) mass is 206 g/mol. The molecule has 1 fully saturated rings. The highest BCUT2D eigenvalue weighted by atomic mass is 15.1. The molecule has 2 heteroatoms. The SMILES string of the molecule is Cc1cc(CN2CCCCC2)c(C)n1C. The highest BCUT2D eigenvalue weighted by molar-refractivity contribution is 5.26. The van der Waals surface area contributed by atoms with E-state index in [0.717, 1.165) is 6.54 Å². The number of piperidine rings is 1. The molecule has 0 bridgehead atoms. The number of nitrogens with zero attached hydrogens (tertiary/aromatic N) is 2. The second-order valence-electron chi connectivity index (χ2n) is 4.79. The van der Waals surface area contributed by atoms with Crippen molar-refractivity contribution in [2.24, 2.45) is 7.05 Å². The van der Waals surface area contributed by atoms with Gasteiger partial charge < -0.3 is 4.57 Å². The zero-order valence-electron chi connectivity index (χ0n) is 10.2. The van der Waals surface area contributed by atoms with Gasteiger partial charge in [-0.2, -0.15) is 0 Å². The van der Waals surface area contributed by atoms with Crippen LogP contribution < -0.4 is 0 Å². The number of rotatable bonds is 2. The van der Waals surface area contributed by atoms with E-state index in [9.17, 15) is 0 Å². The van der Waals surface area contributed by atoms with Gasteiger partial charge in [0, 0.05) is 25.0 Å². The molecular weight excluding hydrogens is 184 g/mol. The molecule has 1 aliphatic heterocycles. The molecule has 0 radical (unpaired) electrons. The van der Waals surface area contributed by atoms with Crippen molar-refractivity contribution in [3.8, 4) is 0 Å². The van der Waals surface area contributed by atoms with Crippen LogP contribution in [0.25, 0.3) is 0 Å². The van der Waals surface area contributed by atoms with Crippen LogP contribution in [0.1, 0.15) is 36.2 Å². The summed E-state index contributed by atoms with van der Waals surface area (Å²) in [6.07, 6.45) is 4.18. The van der Waals surface area contributed by atoms with Crippen molar-refractivity contribution < 1.29 is 0 Å². The van der Waals surface area contributed by atoms with Gasteiger partial charge in [0.05, 0.1) is 0 Å². The van der Waals surface area contributed by atoms with Crippen LogP contribution in [0.15, 0.2) is 6.07 Å². The van der Waals surface area contributed by atoms with Gasteiger partial charge in [0.25, 0.3) is 0 Å². The van der Waals surface area contributed by atoms with Crippen LogP contribution in [0.5, 0.6) is 0 Å². The second-order valence-corrected chi connectivity index (χ2v) is 4.79. The Morgan fingerprint density at radius 3 is 2.33 bits per heavy atom. The van der Waals surface area contributed by atoms with E-state index in [2.05, 4.69) is 36.4 Å². The van der Waals surface area contributed by atoms with E-state index in [1.54, 1.807) is 0 Å². The predicted molar refractivity (Wildman–Crippen MR) is 64.0 cm³/mol. The Morgan fingerprint density at radius 1 is 1.13 bits per heavy atom. The summed E-state index contributed by atoms with van der Waals surface area (Å²) in [5.74, 6) is 0. The molecule has 2 nitrogen and oxygen atoms in total. The number of aryl methyl sites for hydroxylation is 1. The Kier molecular flexibility index (Phi) is 3.15. The minimum Gasteiger partial charge on any atom is -0.352 e. The third-order valence-electron chi connectivity index (χ3n) is 3.72. The second kappa shape index (κ2) is 4.40. The minimum atomic E-state index is 1.15. The maximum atomic E-state index is 2.59. The Balaban J connectivity index is 2.06. The van der Waals surface area contributed by atoms with Crippen molar-refractivity contribution in [3.63, 3.8) is 0 Å². The average Bonchev–Trinajstić information content (AvgIpc) is 2.48. The summed E-state index contributed by atoms with van der Waals surface area (Å²) >= 11 is 0. The molecule has 0 aromatic carbocycles. The lowest BCUT2D eigenvalue weighted by atomic mass is 10.1. The molecule has 0 unspecified atom stereocenters. The molecule has 2 rings (SSSR count). The smallest absolute Gasteiger partial charge is 0.0251 e. The lowest BCUT2D eigenvalue weighted by Gasteiger charge is -2.26. The van der Waals surface area contributed by atoms with Crippen molar-refractivity contribution in [3.05, 3.63) is 23.0 Å². The maximum Gasteiger partial charge on any atom is 0.0251 e. The van der Waals surface area contributed by atoms with Gasteiger partial charge in [-0.3, -0.25) is 4.90 Å². The molecular formula is C13H22N2. The van der Waals surface area contributed by atoms with Gasteiger partial charge in [-0.1, -0.05) is 6.42 Å². The summed E-state index contributed by atoms with van der Waals surface area (Å²) < 4.78 is 2.29. The van der Waals surface area contributed by atoms with Crippen LogP contribution in [0.2, 0.25) is 0 Å². The third kappa shape index (κ3) is 2.25. The minimum absolute atomic E-state index is 1.15. The zero-order valence-corrected chi connectivity index (χ0v) is 10.2. The first-order valence-corrected chi connectivity index (χ1v) is 6.02. The molecule has 0 atom stereocenters. The Morgan fingerprint density at radius 2 is 1.80 bits per heavy atom. The van der Waals surface area contributed by atoms with Crippen molar-refractivity contribution in [2.45, 2.75) is 39.7 Å². The van der Waals surface area contributed by atoms with Crippen molar-refractivity contribution in [1.29, 1.82) is 0 Å². The lowest BCUT2D eigenvalue weighted by Crippen LogP contribution is -2.29. The summed E-state index contributed by atoms with van der Waals surface area (Å²) in [5.41, 5.74) is 4.31. The van der Waals surface area contributed by atoms with Crippen molar-refractivity contribution in [1.82, 2.24) is 9.47 Å². The van der Waals surface area contributed by atoms with Gasteiger partial charge in [0.1, 0.15) is 0 Å².